The molecule has 1 aliphatic carbocycles. The fourth-order valence-corrected chi connectivity index (χ4v) is 3.50. The second kappa shape index (κ2) is 6.79. The maximum Gasteiger partial charge on any atom is 0.233 e. The van der Waals surface area contributed by atoms with Crippen molar-refractivity contribution in [2.45, 2.75) is 26.3 Å². The van der Waals surface area contributed by atoms with Crippen LogP contribution >= 0.6 is 0 Å². The van der Waals surface area contributed by atoms with Crippen LogP contribution in [0.1, 0.15) is 24.2 Å². The van der Waals surface area contributed by atoms with Gasteiger partial charge in [-0.15, -0.1) is 0 Å². The van der Waals surface area contributed by atoms with Crippen LogP contribution in [0.25, 0.3) is 0 Å². The summed E-state index contributed by atoms with van der Waals surface area (Å²) < 4.78 is 0. The van der Waals surface area contributed by atoms with Gasteiger partial charge in [0.15, 0.2) is 5.82 Å². The van der Waals surface area contributed by atoms with Crippen molar-refractivity contribution < 1.29 is 9.59 Å². The van der Waals surface area contributed by atoms with Gasteiger partial charge in [0, 0.05) is 5.69 Å². The lowest BCUT2D eigenvalue weighted by molar-refractivity contribution is -0.140. The van der Waals surface area contributed by atoms with Crippen molar-refractivity contribution in [1.29, 1.82) is 0 Å². The van der Waals surface area contributed by atoms with Gasteiger partial charge < -0.3 is 11.1 Å². The molecule has 138 valence electrons. The van der Waals surface area contributed by atoms with E-state index in [4.69, 9.17) is 5.73 Å². The number of nitrogens with two attached hydrogens (primary N) is 1. The summed E-state index contributed by atoms with van der Waals surface area (Å²) in [6, 6.07) is 7.73. The number of carbonyl (C=O) groups is 2. The van der Waals surface area contributed by atoms with Crippen molar-refractivity contribution in [3.8, 4) is 0 Å². The molecule has 0 bridgehead atoms. The van der Waals surface area contributed by atoms with E-state index in [0.717, 1.165) is 11.3 Å². The Bertz CT molecular complexity index is 898. The van der Waals surface area contributed by atoms with Crippen LogP contribution < -0.4 is 11.1 Å². The number of nitrogens with one attached hydrogen (secondary N) is 1. The predicted octanol–water partition coefficient (Wildman–Crippen LogP) is 1.96. The van der Waals surface area contributed by atoms with Crippen LogP contribution in [0.4, 0.5) is 17.6 Å². The summed E-state index contributed by atoms with van der Waals surface area (Å²) in [6.07, 6.45) is 5.12. The van der Waals surface area contributed by atoms with Crippen LogP contribution in [-0.2, 0) is 16.1 Å². The highest BCUT2D eigenvalue weighted by Crippen LogP contribution is 2.35. The summed E-state index contributed by atoms with van der Waals surface area (Å²) in [7, 11) is 0. The Hall–Kier alpha value is -3.29. The zero-order valence-corrected chi connectivity index (χ0v) is 14.9. The van der Waals surface area contributed by atoms with E-state index >= 15 is 0 Å². The number of benzene rings is 1. The summed E-state index contributed by atoms with van der Waals surface area (Å²) in [4.78, 5) is 38.9. The van der Waals surface area contributed by atoms with Gasteiger partial charge in [0.1, 0.15) is 0 Å². The summed E-state index contributed by atoms with van der Waals surface area (Å²) >= 11 is 0. The molecule has 0 radical (unpaired) electrons. The largest absolute Gasteiger partial charge is 0.368 e. The number of likely N-dealkylation sites (tertiary alicyclic amines) is 1. The normalized spacial score (nSPS) is 21.4. The lowest BCUT2D eigenvalue weighted by Gasteiger charge is -2.14. The van der Waals surface area contributed by atoms with E-state index < -0.39 is 0 Å². The molecule has 1 aromatic heterocycles. The Morgan fingerprint density at radius 2 is 1.67 bits per heavy atom. The van der Waals surface area contributed by atoms with Gasteiger partial charge >= 0.3 is 0 Å². The molecule has 2 heterocycles. The number of aryl methyl sites for hydroxylation is 1. The van der Waals surface area contributed by atoms with Crippen LogP contribution in [0.5, 0.6) is 0 Å². The monoisotopic (exact) mass is 364 g/mol. The lowest BCUT2D eigenvalue weighted by atomic mass is 9.85. The average molecular weight is 364 g/mol. The number of allylic oxidation sites excluding steroid dienone is 2. The molecule has 2 aromatic rings. The van der Waals surface area contributed by atoms with Gasteiger partial charge in [0.25, 0.3) is 0 Å². The summed E-state index contributed by atoms with van der Waals surface area (Å²) in [5.74, 6) is -0.279. The molecule has 8 nitrogen and oxygen atoms in total. The Morgan fingerprint density at radius 3 is 2.30 bits per heavy atom. The minimum absolute atomic E-state index is 0.0000352. The zero-order chi connectivity index (χ0) is 19.0. The molecular formula is C19H20N6O2. The van der Waals surface area contributed by atoms with Gasteiger partial charge in [-0.3, -0.25) is 14.5 Å². The second-order valence-corrected chi connectivity index (χ2v) is 6.84. The van der Waals surface area contributed by atoms with Crippen molar-refractivity contribution >= 4 is 29.4 Å². The minimum Gasteiger partial charge on any atom is -0.368 e. The molecule has 2 aliphatic rings. The van der Waals surface area contributed by atoms with Crippen molar-refractivity contribution in [3.63, 3.8) is 0 Å². The molecular weight excluding hydrogens is 344 g/mol. The molecule has 1 fully saturated rings. The van der Waals surface area contributed by atoms with Gasteiger partial charge in [-0.1, -0.05) is 29.8 Å². The van der Waals surface area contributed by atoms with E-state index in [2.05, 4.69) is 20.3 Å². The standard InChI is InChI=1S/C19H20N6O2/c1-11-6-8-12(9-7-11)21-19-23-15(22-18(20)24-19)10-25-16(26)13-4-2-3-5-14(13)17(25)27/h2-3,6-9,13-14H,4-5,10H2,1H3,(H3,20,21,22,23,24)/t13-,14-/m0/s1. The quantitative estimate of drug-likeness (QED) is 0.629. The van der Waals surface area contributed by atoms with Gasteiger partial charge in [-0.25, -0.2) is 0 Å². The summed E-state index contributed by atoms with van der Waals surface area (Å²) in [5, 5.41) is 3.07. The number of anilines is 3. The Kier molecular flexibility index (Phi) is 4.31. The third-order valence-electron chi connectivity index (χ3n) is 4.91. The first-order valence-corrected chi connectivity index (χ1v) is 8.85. The van der Waals surface area contributed by atoms with E-state index in [-0.39, 0.29) is 47.9 Å². The lowest BCUT2D eigenvalue weighted by Crippen LogP contribution is -2.31. The molecule has 1 aromatic carbocycles. The SMILES string of the molecule is Cc1ccc(Nc2nc(N)nc(CN3C(=O)[C@H]4CC=CC[C@@H]4C3=O)n2)cc1. The third-order valence-corrected chi connectivity index (χ3v) is 4.91. The Morgan fingerprint density at radius 1 is 1.04 bits per heavy atom. The van der Waals surface area contributed by atoms with Gasteiger partial charge in [-0.05, 0) is 31.9 Å². The van der Waals surface area contributed by atoms with Gasteiger partial charge in [0.05, 0.1) is 18.4 Å². The predicted molar refractivity (Wildman–Crippen MR) is 99.6 cm³/mol. The molecule has 27 heavy (non-hydrogen) atoms. The Labute approximate surface area is 156 Å². The first-order valence-electron chi connectivity index (χ1n) is 8.85. The molecule has 3 N–H and O–H groups in total. The van der Waals surface area contributed by atoms with Gasteiger partial charge in [-0.2, -0.15) is 15.0 Å². The molecule has 8 heteroatoms. The number of aromatic nitrogens is 3. The topological polar surface area (TPSA) is 114 Å². The van der Waals surface area contributed by atoms with E-state index in [9.17, 15) is 9.59 Å². The van der Waals surface area contributed by atoms with Crippen LogP contribution in [0.15, 0.2) is 36.4 Å². The van der Waals surface area contributed by atoms with Crippen molar-refractivity contribution in [1.82, 2.24) is 19.9 Å². The molecule has 1 aliphatic heterocycles. The molecule has 0 spiro atoms. The first-order chi connectivity index (χ1) is 13.0. The number of nitrogens with zero attached hydrogens (tertiary/aromatic N) is 4. The van der Waals surface area contributed by atoms with Crippen molar-refractivity contribution in [2.24, 2.45) is 11.8 Å². The maximum absolute atomic E-state index is 12.6. The van der Waals surface area contributed by atoms with Crippen molar-refractivity contribution in [2.75, 3.05) is 11.1 Å². The number of hydrogen-bond donors (Lipinski definition) is 2. The first kappa shape index (κ1) is 17.1. The Balaban J connectivity index is 1.54. The summed E-state index contributed by atoms with van der Waals surface area (Å²) in [5.41, 5.74) is 7.74. The molecule has 4 rings (SSSR count). The molecule has 2 amide bonds. The number of hydrogen-bond acceptors (Lipinski definition) is 7. The molecule has 0 saturated carbocycles. The number of imide groups is 1. The average Bonchev–Trinajstić information content (AvgIpc) is 2.89. The van der Waals surface area contributed by atoms with Crippen LogP contribution in [0.3, 0.4) is 0 Å². The van der Waals surface area contributed by atoms with E-state index in [1.807, 2.05) is 43.3 Å². The second-order valence-electron chi connectivity index (χ2n) is 6.84. The molecule has 0 unspecified atom stereocenters. The third kappa shape index (κ3) is 3.38. The number of nitrogen functional groups attached to an aromatic ring is 1. The zero-order valence-electron chi connectivity index (χ0n) is 14.9. The van der Waals surface area contributed by atoms with E-state index in [1.165, 1.54) is 4.90 Å². The minimum atomic E-state index is -0.271. The number of amides is 2. The summed E-state index contributed by atoms with van der Waals surface area (Å²) in [6.45, 7) is 2.00. The van der Waals surface area contributed by atoms with Crippen LogP contribution in [-0.4, -0.2) is 31.7 Å². The highest BCUT2D eigenvalue weighted by Gasteiger charge is 2.47. The smallest absolute Gasteiger partial charge is 0.233 e. The van der Waals surface area contributed by atoms with E-state index in [0.29, 0.717) is 12.8 Å². The van der Waals surface area contributed by atoms with Crippen molar-refractivity contribution in [3.05, 3.63) is 47.8 Å². The number of carbonyl (C=O) groups excluding carboxylic acids is 2. The molecule has 2 atom stereocenters. The number of rotatable bonds is 4. The fraction of sp³-hybridized carbons (Fsp3) is 0.316. The number of fused-ring (bicyclic) bond motifs is 1. The fourth-order valence-electron chi connectivity index (χ4n) is 3.50. The van der Waals surface area contributed by atoms with E-state index in [1.54, 1.807) is 0 Å². The maximum atomic E-state index is 12.6. The van der Waals surface area contributed by atoms with Gasteiger partial charge in [0.2, 0.25) is 23.7 Å². The molecule has 1 saturated heterocycles. The highest BCUT2D eigenvalue weighted by atomic mass is 16.2. The van der Waals surface area contributed by atoms with Crippen LogP contribution in [0.2, 0.25) is 0 Å². The highest BCUT2D eigenvalue weighted by molar-refractivity contribution is 6.05. The van der Waals surface area contributed by atoms with Crippen LogP contribution in [0, 0.1) is 18.8 Å².